The van der Waals surface area contributed by atoms with E-state index in [9.17, 15) is 9.59 Å². The Morgan fingerprint density at radius 1 is 0.979 bits per heavy atom. The molecule has 1 fully saturated rings. The number of H-pyrrole nitrogens is 1. The summed E-state index contributed by atoms with van der Waals surface area (Å²) in [5.74, 6) is 6.99. The molecule has 0 saturated heterocycles. The van der Waals surface area contributed by atoms with Crippen molar-refractivity contribution in [3.63, 3.8) is 0 Å². The Kier molecular flexibility index (Phi) is 11.5. The Balaban J connectivity index is 1.45. The van der Waals surface area contributed by atoms with Crippen molar-refractivity contribution in [1.29, 1.82) is 0 Å². The average Bonchev–Trinajstić information content (AvgIpc) is 3.07. The first-order valence-electron chi connectivity index (χ1n) is 17.3. The molecule has 0 spiro atoms. The van der Waals surface area contributed by atoms with Crippen molar-refractivity contribution in [3.8, 4) is 23.0 Å². The normalized spacial score (nSPS) is 13.5. The molecule has 0 radical (unpaired) electrons. The topological polar surface area (TPSA) is 90.1 Å². The molecule has 7 nitrogen and oxygen atoms in total. The van der Waals surface area contributed by atoms with Crippen molar-refractivity contribution in [2.45, 2.75) is 97.4 Å². The second-order valence-corrected chi connectivity index (χ2v) is 13.3. The van der Waals surface area contributed by atoms with Gasteiger partial charge in [-0.05, 0) is 95.8 Å². The molecular weight excluding hydrogens is 582 g/mol. The lowest BCUT2D eigenvalue weighted by Crippen LogP contribution is -2.39. The number of fused-ring (bicyclic) bond motifs is 1. The molecule has 3 N–H and O–H groups in total. The molecule has 246 valence electrons. The fraction of sp³-hybridized carbons (Fsp3) is 0.425. The predicted octanol–water partition coefficient (Wildman–Crippen LogP) is 8.95. The minimum absolute atomic E-state index is 0.149. The Hall–Kier alpha value is -4.41. The minimum atomic E-state index is -0.335. The summed E-state index contributed by atoms with van der Waals surface area (Å²) in [6, 6.07) is 18.5. The van der Waals surface area contributed by atoms with E-state index < -0.39 is 0 Å². The number of rotatable bonds is 10. The Labute approximate surface area is 279 Å². The highest BCUT2D eigenvalue weighted by Crippen LogP contribution is 2.38. The second kappa shape index (κ2) is 15.9. The molecule has 4 aromatic rings. The molecule has 2 aromatic heterocycles. The number of urea groups is 1. The van der Waals surface area contributed by atoms with E-state index in [1.165, 1.54) is 32.1 Å². The third-order valence-electron chi connectivity index (χ3n) is 9.06. The average molecular weight is 632 g/mol. The van der Waals surface area contributed by atoms with Gasteiger partial charge in [-0.25, -0.2) is 9.78 Å². The molecule has 0 aliphatic heterocycles. The van der Waals surface area contributed by atoms with Crippen LogP contribution in [0.4, 0.5) is 16.2 Å². The number of hydrogen-bond acceptors (Lipinski definition) is 4. The van der Waals surface area contributed by atoms with Gasteiger partial charge >= 0.3 is 6.03 Å². The van der Waals surface area contributed by atoms with Gasteiger partial charge < -0.3 is 15.6 Å². The summed E-state index contributed by atoms with van der Waals surface area (Å²) in [7, 11) is 0. The van der Waals surface area contributed by atoms with Gasteiger partial charge in [-0.3, -0.25) is 9.69 Å². The molecule has 1 saturated carbocycles. The van der Waals surface area contributed by atoms with Crippen LogP contribution >= 0.6 is 0 Å². The molecule has 1 aliphatic carbocycles. The Morgan fingerprint density at radius 2 is 1.72 bits per heavy atom. The van der Waals surface area contributed by atoms with E-state index in [0.29, 0.717) is 30.5 Å². The maximum Gasteiger partial charge on any atom is 0.326 e. The zero-order valence-corrected chi connectivity index (χ0v) is 28.6. The summed E-state index contributed by atoms with van der Waals surface area (Å²) in [5, 5.41) is 7.65. The number of unbranched alkanes of at least 4 members (excludes halogenated alkanes) is 1. The number of anilines is 2. The van der Waals surface area contributed by atoms with Gasteiger partial charge in [-0.15, -0.1) is 0 Å². The number of hydrogen-bond donors (Lipinski definition) is 3. The first kappa shape index (κ1) is 33.9. The van der Waals surface area contributed by atoms with Crippen LogP contribution in [0.5, 0.6) is 0 Å². The van der Waals surface area contributed by atoms with Gasteiger partial charge in [0.25, 0.3) is 5.56 Å². The lowest BCUT2D eigenvalue weighted by atomic mass is 9.88. The fourth-order valence-corrected chi connectivity index (χ4v) is 6.38. The van der Waals surface area contributed by atoms with E-state index in [-0.39, 0.29) is 23.4 Å². The molecule has 7 heteroatoms. The SMILES string of the molecule is CCCCN(C(=O)Nc1c(C(C)C)cc(-c2cccc(C#CCNC3CCCCC3)c2)cc1C(C)C)c1cc2cccnc2[nH]c1=O. The fourth-order valence-electron chi connectivity index (χ4n) is 6.38. The van der Waals surface area contributed by atoms with Crippen LogP contribution in [0.1, 0.15) is 108 Å². The van der Waals surface area contributed by atoms with Gasteiger partial charge in [0.1, 0.15) is 11.3 Å². The van der Waals surface area contributed by atoms with Crippen LogP contribution in [0.25, 0.3) is 22.2 Å². The zero-order chi connectivity index (χ0) is 33.3. The van der Waals surface area contributed by atoms with E-state index in [4.69, 9.17) is 0 Å². The quantitative estimate of drug-likeness (QED) is 0.152. The molecule has 1 aliphatic rings. The summed E-state index contributed by atoms with van der Waals surface area (Å²) in [4.78, 5) is 36.0. The number of benzene rings is 2. The minimum Gasteiger partial charge on any atom is -0.307 e. The Morgan fingerprint density at radius 3 is 2.43 bits per heavy atom. The standard InChI is InChI=1S/C40H49N5O2/c1-6-7-22-45(36-26-31-17-13-21-42-38(31)44-39(36)46)40(47)43-37-34(27(2)3)24-32(25-35(37)28(4)5)30-16-11-14-29(23-30)15-12-20-41-33-18-9-8-10-19-33/h11,13-14,16-17,21,23-28,33,41H,6-10,18-20,22H2,1-5H3,(H,43,47)(H,42,44,46). The van der Waals surface area contributed by atoms with Gasteiger partial charge in [-0.1, -0.05) is 84.3 Å². The zero-order valence-electron chi connectivity index (χ0n) is 28.6. The third kappa shape index (κ3) is 8.50. The van der Waals surface area contributed by atoms with Crippen LogP contribution in [0.2, 0.25) is 0 Å². The van der Waals surface area contributed by atoms with Crippen LogP contribution in [0.15, 0.2) is 65.6 Å². The number of nitrogens with one attached hydrogen (secondary N) is 3. The van der Waals surface area contributed by atoms with E-state index in [1.54, 1.807) is 17.2 Å². The summed E-state index contributed by atoms with van der Waals surface area (Å²) in [6.45, 7) is 11.8. The molecule has 2 heterocycles. The van der Waals surface area contributed by atoms with E-state index in [2.05, 4.69) is 103 Å². The highest BCUT2D eigenvalue weighted by Gasteiger charge is 2.24. The van der Waals surface area contributed by atoms with Gasteiger partial charge in [0.05, 0.1) is 6.54 Å². The predicted molar refractivity (Wildman–Crippen MR) is 195 cm³/mol. The number of carbonyl (C=O) groups is 1. The maximum absolute atomic E-state index is 14.1. The summed E-state index contributed by atoms with van der Waals surface area (Å²) >= 11 is 0. The second-order valence-electron chi connectivity index (χ2n) is 13.3. The number of nitrogens with zero attached hydrogens (tertiary/aromatic N) is 2. The van der Waals surface area contributed by atoms with Crippen LogP contribution in [-0.4, -0.2) is 35.1 Å². The van der Waals surface area contributed by atoms with E-state index >= 15 is 0 Å². The van der Waals surface area contributed by atoms with Gasteiger partial charge in [0.15, 0.2) is 0 Å². The van der Waals surface area contributed by atoms with Gasteiger partial charge in [0, 0.05) is 35.4 Å². The van der Waals surface area contributed by atoms with Crippen molar-refractivity contribution in [1.82, 2.24) is 15.3 Å². The number of pyridine rings is 2. The number of aromatic amines is 1. The van der Waals surface area contributed by atoms with Gasteiger partial charge in [-0.2, -0.15) is 0 Å². The summed E-state index contributed by atoms with van der Waals surface area (Å²) in [6.07, 6.45) is 9.77. The first-order chi connectivity index (χ1) is 22.7. The molecule has 0 unspecified atom stereocenters. The number of amides is 2. The van der Waals surface area contributed by atoms with Crippen LogP contribution in [-0.2, 0) is 0 Å². The smallest absolute Gasteiger partial charge is 0.307 e. The van der Waals surface area contributed by atoms with Crippen molar-refractivity contribution in [2.75, 3.05) is 23.3 Å². The molecule has 2 amide bonds. The molecule has 5 rings (SSSR count). The molecule has 0 atom stereocenters. The number of aromatic nitrogens is 2. The molecular formula is C40H49N5O2. The van der Waals surface area contributed by atoms with Gasteiger partial charge in [0.2, 0.25) is 0 Å². The highest BCUT2D eigenvalue weighted by molar-refractivity contribution is 6.03. The van der Waals surface area contributed by atoms with E-state index in [1.807, 2.05) is 12.1 Å². The largest absolute Gasteiger partial charge is 0.326 e. The lowest BCUT2D eigenvalue weighted by Gasteiger charge is -2.27. The highest BCUT2D eigenvalue weighted by atomic mass is 16.2. The first-order valence-corrected chi connectivity index (χ1v) is 17.3. The van der Waals surface area contributed by atoms with Crippen LogP contribution in [0.3, 0.4) is 0 Å². The van der Waals surface area contributed by atoms with Crippen molar-refractivity contribution in [3.05, 3.63) is 87.8 Å². The van der Waals surface area contributed by atoms with Crippen molar-refractivity contribution >= 4 is 28.4 Å². The molecule has 47 heavy (non-hydrogen) atoms. The summed E-state index contributed by atoms with van der Waals surface area (Å²) in [5.41, 5.74) is 6.59. The summed E-state index contributed by atoms with van der Waals surface area (Å²) < 4.78 is 0. The maximum atomic E-state index is 14.1. The van der Waals surface area contributed by atoms with E-state index in [0.717, 1.165) is 51.7 Å². The van der Waals surface area contributed by atoms with Crippen LogP contribution < -0.4 is 21.1 Å². The number of carbonyl (C=O) groups excluding carboxylic acids is 1. The van der Waals surface area contributed by atoms with Crippen LogP contribution in [0, 0.1) is 11.8 Å². The monoisotopic (exact) mass is 631 g/mol. The third-order valence-corrected chi connectivity index (χ3v) is 9.06. The molecule has 2 aromatic carbocycles. The van der Waals surface area contributed by atoms with Crippen molar-refractivity contribution < 1.29 is 4.79 Å². The lowest BCUT2D eigenvalue weighted by molar-refractivity contribution is 0.256. The molecule has 0 bridgehead atoms. The van der Waals surface area contributed by atoms with Crippen molar-refractivity contribution in [2.24, 2.45) is 0 Å². The Bertz CT molecular complexity index is 1780.